The number of benzene rings is 1. The highest BCUT2D eigenvalue weighted by Crippen LogP contribution is 2.30. The molecule has 0 radical (unpaired) electrons. The summed E-state index contributed by atoms with van der Waals surface area (Å²) in [6.07, 6.45) is 0. The number of piperazine rings is 1. The molecule has 0 saturated carbocycles. The molecule has 9 heteroatoms. The van der Waals surface area contributed by atoms with Crippen LogP contribution in [0.25, 0.3) is 0 Å². The highest BCUT2D eigenvalue weighted by Gasteiger charge is 2.23. The van der Waals surface area contributed by atoms with Gasteiger partial charge in [-0.1, -0.05) is 11.6 Å². The van der Waals surface area contributed by atoms with Crippen LogP contribution in [0, 0.1) is 6.92 Å². The minimum absolute atomic E-state index is 0.0731. The number of carbonyl (C=O) groups is 1. The zero-order valence-electron chi connectivity index (χ0n) is 14.5. The van der Waals surface area contributed by atoms with Gasteiger partial charge in [0.1, 0.15) is 16.9 Å². The van der Waals surface area contributed by atoms with E-state index >= 15 is 0 Å². The van der Waals surface area contributed by atoms with Gasteiger partial charge in [-0.25, -0.2) is 0 Å². The Balaban J connectivity index is 1.61. The number of methoxy groups -OCH3 is 1. The molecule has 1 aliphatic heterocycles. The van der Waals surface area contributed by atoms with Gasteiger partial charge in [0, 0.05) is 37.9 Å². The summed E-state index contributed by atoms with van der Waals surface area (Å²) in [6.45, 7) is 5.05. The van der Waals surface area contributed by atoms with Gasteiger partial charge in [-0.05, 0) is 50.9 Å². The number of aromatic nitrogens is 2. The van der Waals surface area contributed by atoms with Crippen molar-refractivity contribution in [2.75, 3.05) is 38.2 Å². The van der Waals surface area contributed by atoms with Crippen LogP contribution >= 0.6 is 43.5 Å². The number of rotatable bonds is 4. The molecule has 0 atom stereocenters. The largest absolute Gasteiger partial charge is 0.495 e. The Morgan fingerprint density at radius 3 is 2.54 bits per heavy atom. The van der Waals surface area contributed by atoms with Crippen molar-refractivity contribution in [1.82, 2.24) is 14.7 Å². The quantitative estimate of drug-likeness (QED) is 0.634. The van der Waals surface area contributed by atoms with Gasteiger partial charge < -0.3 is 14.5 Å². The van der Waals surface area contributed by atoms with Gasteiger partial charge in [0.25, 0.3) is 0 Å². The third kappa shape index (κ3) is 4.02. The zero-order chi connectivity index (χ0) is 18.8. The molecule has 26 heavy (non-hydrogen) atoms. The lowest BCUT2D eigenvalue weighted by Crippen LogP contribution is -2.49. The number of hydrogen-bond donors (Lipinski definition) is 0. The molecule has 1 aliphatic rings. The predicted octanol–water partition coefficient (Wildman–Crippen LogP) is 3.73. The first-order valence-corrected chi connectivity index (χ1v) is 10.1. The molecule has 3 rings (SSSR count). The molecular weight excluding hydrogens is 487 g/mol. The Bertz CT molecular complexity index is 819. The maximum absolute atomic E-state index is 12.6. The number of anilines is 1. The average Bonchev–Trinajstić information content (AvgIpc) is 2.89. The maximum atomic E-state index is 12.6. The van der Waals surface area contributed by atoms with Gasteiger partial charge in [0.2, 0.25) is 5.91 Å². The Kier molecular flexibility index (Phi) is 6.14. The van der Waals surface area contributed by atoms with Crippen molar-refractivity contribution in [1.29, 1.82) is 0 Å². The molecule has 1 fully saturated rings. The lowest BCUT2D eigenvalue weighted by molar-refractivity contribution is -0.132. The number of hydrogen-bond acceptors (Lipinski definition) is 4. The van der Waals surface area contributed by atoms with E-state index in [1.807, 2.05) is 30.0 Å². The second kappa shape index (κ2) is 8.19. The number of nitrogens with zero attached hydrogens (tertiary/aromatic N) is 4. The van der Waals surface area contributed by atoms with Crippen LogP contribution in [0.2, 0.25) is 5.02 Å². The van der Waals surface area contributed by atoms with Crippen molar-refractivity contribution in [2.24, 2.45) is 0 Å². The normalized spacial score (nSPS) is 14.7. The summed E-state index contributed by atoms with van der Waals surface area (Å²) >= 11 is 12.9. The average molecular weight is 507 g/mol. The number of halogens is 3. The van der Waals surface area contributed by atoms with Crippen molar-refractivity contribution < 1.29 is 9.53 Å². The highest BCUT2D eigenvalue weighted by molar-refractivity contribution is 9.13. The van der Waals surface area contributed by atoms with E-state index in [1.165, 1.54) is 0 Å². The smallest absolute Gasteiger partial charge is 0.244 e. The molecule has 1 aromatic carbocycles. The van der Waals surface area contributed by atoms with Gasteiger partial charge in [0.05, 0.1) is 22.3 Å². The second-order valence-corrected chi connectivity index (χ2v) is 7.99. The van der Waals surface area contributed by atoms with E-state index in [1.54, 1.807) is 11.8 Å². The van der Waals surface area contributed by atoms with Crippen LogP contribution in [0.5, 0.6) is 5.75 Å². The molecule has 2 heterocycles. The molecular formula is C17H19Br2ClN4O2. The fraction of sp³-hybridized carbons (Fsp3) is 0.412. The minimum Gasteiger partial charge on any atom is -0.495 e. The van der Waals surface area contributed by atoms with Gasteiger partial charge in [-0.2, -0.15) is 5.10 Å². The third-order valence-electron chi connectivity index (χ3n) is 4.51. The van der Waals surface area contributed by atoms with Crippen LogP contribution in [0.1, 0.15) is 5.69 Å². The lowest BCUT2D eigenvalue weighted by Gasteiger charge is -2.36. The first-order chi connectivity index (χ1) is 12.4. The van der Waals surface area contributed by atoms with Crippen LogP contribution in [-0.2, 0) is 11.3 Å². The molecule has 0 spiro atoms. The molecule has 1 amide bonds. The summed E-state index contributed by atoms with van der Waals surface area (Å²) in [6, 6.07) is 5.75. The van der Waals surface area contributed by atoms with Crippen LogP contribution in [-0.4, -0.2) is 53.9 Å². The summed E-state index contributed by atoms with van der Waals surface area (Å²) < 4.78 is 8.59. The van der Waals surface area contributed by atoms with Crippen LogP contribution in [0.3, 0.4) is 0 Å². The first kappa shape index (κ1) is 19.5. The third-order valence-corrected chi connectivity index (χ3v) is 6.86. The molecule has 140 valence electrons. The monoisotopic (exact) mass is 504 g/mol. The fourth-order valence-corrected chi connectivity index (χ4v) is 3.89. The molecule has 6 nitrogen and oxygen atoms in total. The molecule has 0 unspecified atom stereocenters. The van der Waals surface area contributed by atoms with E-state index in [0.29, 0.717) is 28.5 Å². The number of carbonyl (C=O) groups excluding carboxylic acids is 1. The van der Waals surface area contributed by atoms with Gasteiger partial charge in [0.15, 0.2) is 0 Å². The van der Waals surface area contributed by atoms with Crippen molar-refractivity contribution in [3.05, 3.63) is 38.0 Å². The Morgan fingerprint density at radius 2 is 1.96 bits per heavy atom. The molecule has 1 aromatic heterocycles. The molecule has 0 aliphatic carbocycles. The van der Waals surface area contributed by atoms with Crippen LogP contribution in [0.15, 0.2) is 27.3 Å². The van der Waals surface area contributed by atoms with E-state index in [-0.39, 0.29) is 12.5 Å². The van der Waals surface area contributed by atoms with Gasteiger partial charge >= 0.3 is 0 Å². The summed E-state index contributed by atoms with van der Waals surface area (Å²) in [5, 5.41) is 4.93. The topological polar surface area (TPSA) is 50.6 Å². The number of amides is 1. The summed E-state index contributed by atoms with van der Waals surface area (Å²) in [4.78, 5) is 16.7. The predicted molar refractivity (Wildman–Crippen MR) is 109 cm³/mol. The molecule has 2 aromatic rings. The van der Waals surface area contributed by atoms with E-state index in [9.17, 15) is 4.79 Å². The van der Waals surface area contributed by atoms with Gasteiger partial charge in [-0.3, -0.25) is 9.48 Å². The van der Waals surface area contributed by atoms with E-state index in [2.05, 4.69) is 41.9 Å². The first-order valence-electron chi connectivity index (χ1n) is 8.15. The van der Waals surface area contributed by atoms with Crippen molar-refractivity contribution >= 4 is 55.1 Å². The van der Waals surface area contributed by atoms with Crippen molar-refractivity contribution in [2.45, 2.75) is 13.5 Å². The van der Waals surface area contributed by atoms with E-state index in [4.69, 9.17) is 16.3 Å². The summed E-state index contributed by atoms with van der Waals surface area (Å²) in [7, 11) is 1.61. The van der Waals surface area contributed by atoms with Crippen molar-refractivity contribution in [3.8, 4) is 5.75 Å². The maximum Gasteiger partial charge on any atom is 0.244 e. The lowest BCUT2D eigenvalue weighted by atomic mass is 10.2. The Morgan fingerprint density at radius 1 is 1.27 bits per heavy atom. The molecule has 1 saturated heterocycles. The standard InChI is InChI=1S/C17H19Br2ClN4O2/c1-11-16(18)17(19)21-24(11)10-15(25)23-7-5-22(6-8-23)12-3-4-13(20)14(9-12)26-2/h3-4,9H,5-8,10H2,1-2H3. The Hall–Kier alpha value is -1.25. The van der Waals surface area contributed by atoms with Crippen LogP contribution in [0.4, 0.5) is 5.69 Å². The zero-order valence-corrected chi connectivity index (χ0v) is 18.4. The summed E-state index contributed by atoms with van der Waals surface area (Å²) in [5.41, 5.74) is 1.98. The van der Waals surface area contributed by atoms with Crippen molar-refractivity contribution in [3.63, 3.8) is 0 Å². The van der Waals surface area contributed by atoms with Gasteiger partial charge in [-0.15, -0.1) is 0 Å². The van der Waals surface area contributed by atoms with Crippen LogP contribution < -0.4 is 9.64 Å². The Labute approximate surface area is 174 Å². The fourth-order valence-electron chi connectivity index (χ4n) is 2.93. The van der Waals surface area contributed by atoms with E-state index in [0.717, 1.165) is 28.9 Å². The highest BCUT2D eigenvalue weighted by atomic mass is 79.9. The SMILES string of the molecule is COc1cc(N2CCN(C(=O)Cn3nc(Br)c(Br)c3C)CC2)ccc1Cl. The van der Waals surface area contributed by atoms with E-state index < -0.39 is 0 Å². The molecule has 0 N–H and O–H groups in total. The second-order valence-electron chi connectivity index (χ2n) is 6.03. The number of ether oxygens (including phenoxy) is 1. The minimum atomic E-state index is 0.0731. The summed E-state index contributed by atoms with van der Waals surface area (Å²) in [5.74, 6) is 0.733. The molecule has 0 bridgehead atoms.